The summed E-state index contributed by atoms with van der Waals surface area (Å²) < 4.78 is 14.4. The van der Waals surface area contributed by atoms with E-state index in [4.69, 9.17) is 5.73 Å². The molecule has 0 atom stereocenters. The molecule has 1 aromatic heterocycles. The maximum atomic E-state index is 13.4. The molecular weight excluding hydrogens is 495 g/mol. The SMILES string of the molecule is CC1CCC(NC(=O)CCCN2CCN(c3csc4cc(F)ccc34)CC2)CC1.CCC1CCC(N)CC1. The fourth-order valence-corrected chi connectivity index (χ4v) is 7.20. The first-order valence-corrected chi connectivity index (χ1v) is 16.0. The fraction of sp³-hybridized carbons (Fsp3) is 0.710. The highest BCUT2D eigenvalue weighted by Gasteiger charge is 2.22. The lowest BCUT2D eigenvalue weighted by Crippen LogP contribution is -2.46. The van der Waals surface area contributed by atoms with E-state index in [-0.39, 0.29) is 11.7 Å². The molecule has 0 unspecified atom stereocenters. The van der Waals surface area contributed by atoms with Gasteiger partial charge < -0.3 is 16.0 Å². The van der Waals surface area contributed by atoms with Crippen molar-refractivity contribution in [3.8, 4) is 0 Å². The van der Waals surface area contributed by atoms with E-state index in [0.717, 1.165) is 73.9 Å². The Morgan fingerprint density at radius 2 is 1.76 bits per heavy atom. The lowest BCUT2D eigenvalue weighted by Gasteiger charge is -2.36. The largest absolute Gasteiger partial charge is 0.368 e. The number of hydrogen-bond donors (Lipinski definition) is 2. The number of nitrogens with one attached hydrogen (secondary N) is 1. The van der Waals surface area contributed by atoms with Crippen LogP contribution in [0.1, 0.15) is 84.5 Å². The van der Waals surface area contributed by atoms with E-state index in [2.05, 4.69) is 34.3 Å². The second-order valence-electron chi connectivity index (χ2n) is 11.9. The molecule has 1 amide bonds. The van der Waals surface area contributed by atoms with Gasteiger partial charge in [0.15, 0.2) is 0 Å². The molecule has 38 heavy (non-hydrogen) atoms. The van der Waals surface area contributed by atoms with Gasteiger partial charge in [0.25, 0.3) is 0 Å². The van der Waals surface area contributed by atoms with Crippen molar-refractivity contribution in [2.75, 3.05) is 37.6 Å². The third kappa shape index (κ3) is 8.65. The van der Waals surface area contributed by atoms with Crippen LogP contribution in [0.4, 0.5) is 10.1 Å². The molecule has 7 heteroatoms. The molecule has 0 spiro atoms. The molecule has 3 fully saturated rings. The zero-order valence-corrected chi connectivity index (χ0v) is 24.4. The summed E-state index contributed by atoms with van der Waals surface area (Å²) in [7, 11) is 0. The van der Waals surface area contributed by atoms with Crippen molar-refractivity contribution in [2.24, 2.45) is 17.6 Å². The first-order valence-electron chi connectivity index (χ1n) is 15.1. The number of carbonyl (C=O) groups is 1. The van der Waals surface area contributed by atoms with Crippen molar-refractivity contribution in [2.45, 2.75) is 96.6 Å². The summed E-state index contributed by atoms with van der Waals surface area (Å²) in [5.41, 5.74) is 6.98. The quantitative estimate of drug-likeness (QED) is 0.415. The van der Waals surface area contributed by atoms with Gasteiger partial charge in [-0.1, -0.05) is 20.3 Å². The van der Waals surface area contributed by atoms with Gasteiger partial charge in [0, 0.05) is 60.1 Å². The van der Waals surface area contributed by atoms with Gasteiger partial charge in [0.2, 0.25) is 5.91 Å². The van der Waals surface area contributed by atoms with Crippen molar-refractivity contribution in [1.82, 2.24) is 10.2 Å². The second-order valence-corrected chi connectivity index (χ2v) is 12.8. The van der Waals surface area contributed by atoms with E-state index in [1.807, 2.05) is 6.07 Å². The molecule has 5 rings (SSSR count). The van der Waals surface area contributed by atoms with Crippen LogP contribution in [0.2, 0.25) is 0 Å². The predicted octanol–water partition coefficient (Wildman–Crippen LogP) is 6.55. The number of nitrogens with two attached hydrogens (primary N) is 1. The Bertz CT molecular complexity index is 989. The summed E-state index contributed by atoms with van der Waals surface area (Å²) in [5, 5.41) is 6.53. The van der Waals surface area contributed by atoms with Crippen molar-refractivity contribution in [3.05, 3.63) is 29.4 Å². The zero-order chi connectivity index (χ0) is 26.9. The molecule has 212 valence electrons. The van der Waals surface area contributed by atoms with E-state index in [0.29, 0.717) is 18.5 Å². The van der Waals surface area contributed by atoms with Gasteiger partial charge in [-0.15, -0.1) is 11.3 Å². The zero-order valence-electron chi connectivity index (χ0n) is 23.6. The van der Waals surface area contributed by atoms with Crippen LogP contribution in [0, 0.1) is 17.7 Å². The number of hydrogen-bond acceptors (Lipinski definition) is 5. The van der Waals surface area contributed by atoms with E-state index >= 15 is 0 Å². The molecule has 2 heterocycles. The van der Waals surface area contributed by atoms with Gasteiger partial charge in [-0.05, 0) is 94.4 Å². The number of benzene rings is 1. The van der Waals surface area contributed by atoms with Crippen LogP contribution in [0.15, 0.2) is 23.6 Å². The van der Waals surface area contributed by atoms with Crippen molar-refractivity contribution in [1.29, 1.82) is 0 Å². The third-order valence-electron chi connectivity index (χ3n) is 8.96. The molecule has 1 aliphatic heterocycles. The highest BCUT2D eigenvalue weighted by Crippen LogP contribution is 2.34. The number of amides is 1. The number of thiophene rings is 1. The van der Waals surface area contributed by atoms with Crippen LogP contribution in [-0.4, -0.2) is 55.6 Å². The number of rotatable bonds is 7. The minimum atomic E-state index is -0.169. The Balaban J connectivity index is 0.000000317. The first kappa shape index (κ1) is 29.3. The van der Waals surface area contributed by atoms with E-state index in [9.17, 15) is 9.18 Å². The molecule has 5 nitrogen and oxygen atoms in total. The maximum absolute atomic E-state index is 13.4. The average Bonchev–Trinajstić information content (AvgIpc) is 3.34. The van der Waals surface area contributed by atoms with Crippen LogP contribution in [0.25, 0.3) is 10.1 Å². The highest BCUT2D eigenvalue weighted by molar-refractivity contribution is 7.17. The molecule has 0 bridgehead atoms. The van der Waals surface area contributed by atoms with E-state index in [1.54, 1.807) is 23.5 Å². The van der Waals surface area contributed by atoms with Gasteiger partial charge >= 0.3 is 0 Å². The number of fused-ring (bicyclic) bond motifs is 1. The highest BCUT2D eigenvalue weighted by atomic mass is 32.1. The molecule has 1 saturated heterocycles. The molecular formula is C31H49FN4OS. The Morgan fingerprint density at radius 3 is 2.45 bits per heavy atom. The van der Waals surface area contributed by atoms with Crippen LogP contribution in [0.5, 0.6) is 0 Å². The van der Waals surface area contributed by atoms with Gasteiger partial charge in [-0.3, -0.25) is 9.69 Å². The van der Waals surface area contributed by atoms with E-state index < -0.39 is 0 Å². The minimum Gasteiger partial charge on any atom is -0.368 e. The van der Waals surface area contributed by atoms with Crippen molar-refractivity contribution in [3.63, 3.8) is 0 Å². The Labute approximate surface area is 233 Å². The van der Waals surface area contributed by atoms with Crippen LogP contribution >= 0.6 is 11.3 Å². The third-order valence-corrected chi connectivity index (χ3v) is 9.89. The molecule has 2 saturated carbocycles. The van der Waals surface area contributed by atoms with Crippen LogP contribution in [0.3, 0.4) is 0 Å². The summed E-state index contributed by atoms with van der Waals surface area (Å²) in [4.78, 5) is 17.1. The lowest BCUT2D eigenvalue weighted by molar-refractivity contribution is -0.122. The number of carbonyl (C=O) groups excluding carboxylic acids is 1. The Morgan fingerprint density at radius 1 is 1.05 bits per heavy atom. The van der Waals surface area contributed by atoms with Crippen molar-refractivity contribution >= 4 is 33.0 Å². The average molecular weight is 545 g/mol. The van der Waals surface area contributed by atoms with Crippen LogP contribution in [-0.2, 0) is 4.79 Å². The van der Waals surface area contributed by atoms with Gasteiger partial charge in [0.05, 0.1) is 5.69 Å². The van der Waals surface area contributed by atoms with Gasteiger partial charge in [-0.2, -0.15) is 0 Å². The van der Waals surface area contributed by atoms with E-state index in [1.165, 1.54) is 50.6 Å². The Kier molecular flexibility index (Phi) is 11.3. The predicted molar refractivity (Wildman–Crippen MR) is 159 cm³/mol. The smallest absolute Gasteiger partial charge is 0.220 e. The number of piperazine rings is 1. The number of anilines is 1. The number of nitrogens with zero attached hydrogens (tertiary/aromatic N) is 2. The monoisotopic (exact) mass is 544 g/mol. The molecule has 0 radical (unpaired) electrons. The molecule has 3 aliphatic rings. The topological polar surface area (TPSA) is 61.6 Å². The van der Waals surface area contributed by atoms with Crippen LogP contribution < -0.4 is 16.0 Å². The maximum Gasteiger partial charge on any atom is 0.220 e. The summed E-state index contributed by atoms with van der Waals surface area (Å²) in [6.07, 6.45) is 12.9. The Hall–Kier alpha value is -1.70. The second kappa shape index (κ2) is 14.6. The van der Waals surface area contributed by atoms with Gasteiger partial charge in [0.1, 0.15) is 5.82 Å². The molecule has 3 N–H and O–H groups in total. The number of halogens is 1. The molecule has 1 aromatic carbocycles. The lowest BCUT2D eigenvalue weighted by atomic mass is 9.85. The molecule has 2 aromatic rings. The fourth-order valence-electron chi connectivity index (χ4n) is 6.21. The minimum absolute atomic E-state index is 0.169. The summed E-state index contributed by atoms with van der Waals surface area (Å²) in [5.74, 6) is 1.86. The van der Waals surface area contributed by atoms with Gasteiger partial charge in [-0.25, -0.2) is 4.39 Å². The summed E-state index contributed by atoms with van der Waals surface area (Å²) in [6, 6.07) is 5.99. The molecule has 2 aliphatic carbocycles. The standard InChI is InChI=1S/C23H32FN3OS.C8H17N/c1-17-4-7-19(8-5-17)25-23(28)3-2-10-26-11-13-27(14-12-26)21-16-29-22-15-18(24)6-9-20(21)22;1-2-7-3-5-8(9)6-4-7/h6,9,15-17,19H,2-5,7-8,10-14H2,1H3,(H,25,28);7-8H,2-6,9H2,1H3. The summed E-state index contributed by atoms with van der Waals surface area (Å²) >= 11 is 1.61. The first-order chi connectivity index (χ1) is 18.4. The summed E-state index contributed by atoms with van der Waals surface area (Å²) in [6.45, 7) is 9.56. The normalized spacial score (nSPS) is 26.6. The van der Waals surface area contributed by atoms with Crippen molar-refractivity contribution < 1.29 is 9.18 Å².